The van der Waals surface area contributed by atoms with E-state index in [1.807, 2.05) is 52.8 Å². The van der Waals surface area contributed by atoms with E-state index in [0.717, 1.165) is 16.9 Å². The van der Waals surface area contributed by atoms with Gasteiger partial charge in [-0.15, -0.1) is 0 Å². The molecule has 1 aromatic carbocycles. The second-order valence-corrected chi connectivity index (χ2v) is 3.17. The van der Waals surface area contributed by atoms with Crippen molar-refractivity contribution in [2.45, 2.75) is 48.0 Å². The minimum absolute atomic E-state index is 0.177. The maximum atomic E-state index is 10.9. The number of carbonyl (C=O) groups excluding carboxylic acids is 1. The summed E-state index contributed by atoms with van der Waals surface area (Å²) in [7, 11) is 1.63. The van der Waals surface area contributed by atoms with E-state index in [4.69, 9.17) is 4.74 Å². The van der Waals surface area contributed by atoms with Gasteiger partial charge in [0.05, 0.1) is 7.11 Å². The molecular weight excluding hydrogens is 212 g/mol. The molecule has 0 aliphatic heterocycles. The van der Waals surface area contributed by atoms with E-state index in [1.165, 1.54) is 0 Å². The van der Waals surface area contributed by atoms with Crippen molar-refractivity contribution in [3.8, 4) is 5.75 Å². The Bertz CT molecular complexity index is 317. The Balaban J connectivity index is 0. The molecule has 0 radical (unpaired) electrons. The summed E-state index contributed by atoms with van der Waals surface area (Å²) in [6.45, 7) is 11.6. The first-order valence-electron chi connectivity index (χ1n) is 6.26. The number of aryl methyl sites for hydroxylation is 1. The second kappa shape index (κ2) is 11.2. The largest absolute Gasteiger partial charge is 0.497 e. The zero-order valence-electron chi connectivity index (χ0n) is 12.3. The average Bonchev–Trinajstić information content (AvgIpc) is 2.36. The highest BCUT2D eigenvalue weighted by Crippen LogP contribution is 2.17. The Hall–Kier alpha value is -1.31. The van der Waals surface area contributed by atoms with Crippen LogP contribution >= 0.6 is 0 Å². The smallest absolute Gasteiger partial charge is 0.134 e. The van der Waals surface area contributed by atoms with Crippen molar-refractivity contribution in [3.05, 3.63) is 29.3 Å². The standard InChI is InChI=1S/C11H14O2.2C2H6/c1-8-4-5-11(13-3)7-10(8)6-9(2)12;2*1-2/h4-5,7H,6H2,1-3H3;2*1-2H3. The van der Waals surface area contributed by atoms with Crippen LogP contribution in [0.5, 0.6) is 5.75 Å². The van der Waals surface area contributed by atoms with Gasteiger partial charge in [0.2, 0.25) is 0 Å². The monoisotopic (exact) mass is 238 g/mol. The van der Waals surface area contributed by atoms with Crippen LogP contribution in [0.1, 0.15) is 45.7 Å². The summed E-state index contributed by atoms with van der Waals surface area (Å²) in [6, 6.07) is 5.78. The van der Waals surface area contributed by atoms with Crippen molar-refractivity contribution in [3.63, 3.8) is 0 Å². The van der Waals surface area contributed by atoms with Crippen LogP contribution in [0.25, 0.3) is 0 Å². The lowest BCUT2D eigenvalue weighted by Gasteiger charge is -2.06. The predicted octanol–water partition coefficient (Wildman–Crippen LogP) is 4.19. The van der Waals surface area contributed by atoms with Crippen LogP contribution in [0, 0.1) is 6.92 Å². The van der Waals surface area contributed by atoms with Gasteiger partial charge in [-0.2, -0.15) is 0 Å². The van der Waals surface area contributed by atoms with Gasteiger partial charge in [0, 0.05) is 6.42 Å². The molecule has 0 heterocycles. The zero-order valence-corrected chi connectivity index (χ0v) is 12.3. The summed E-state index contributed by atoms with van der Waals surface area (Å²) >= 11 is 0. The van der Waals surface area contributed by atoms with Gasteiger partial charge in [-0.05, 0) is 37.1 Å². The molecule has 2 heteroatoms. The van der Waals surface area contributed by atoms with Crippen molar-refractivity contribution in [2.75, 3.05) is 7.11 Å². The van der Waals surface area contributed by atoms with Gasteiger partial charge in [0.15, 0.2) is 0 Å². The topological polar surface area (TPSA) is 26.3 Å². The molecule has 0 aliphatic rings. The van der Waals surface area contributed by atoms with Crippen LogP contribution in [-0.4, -0.2) is 12.9 Å². The fourth-order valence-electron chi connectivity index (χ4n) is 1.23. The van der Waals surface area contributed by atoms with E-state index in [2.05, 4.69) is 0 Å². The summed E-state index contributed by atoms with van der Waals surface area (Å²) in [4.78, 5) is 10.9. The summed E-state index contributed by atoms with van der Waals surface area (Å²) in [6.07, 6.45) is 0.489. The molecule has 0 N–H and O–H groups in total. The molecule has 2 nitrogen and oxygen atoms in total. The van der Waals surface area contributed by atoms with Crippen molar-refractivity contribution in [1.82, 2.24) is 0 Å². The van der Waals surface area contributed by atoms with Gasteiger partial charge in [-0.25, -0.2) is 0 Å². The Labute approximate surface area is 106 Å². The van der Waals surface area contributed by atoms with Crippen LogP contribution < -0.4 is 4.74 Å². The van der Waals surface area contributed by atoms with Gasteiger partial charge in [-0.1, -0.05) is 33.8 Å². The first kappa shape index (κ1) is 18.1. The molecule has 0 saturated heterocycles. The summed E-state index contributed by atoms with van der Waals surface area (Å²) in [5.41, 5.74) is 2.18. The zero-order chi connectivity index (χ0) is 13.8. The Morgan fingerprint density at radius 2 is 1.71 bits per heavy atom. The molecule has 0 bridgehead atoms. The third kappa shape index (κ3) is 7.56. The molecule has 1 aromatic rings. The Morgan fingerprint density at radius 3 is 2.12 bits per heavy atom. The van der Waals surface area contributed by atoms with Crippen molar-refractivity contribution in [1.29, 1.82) is 0 Å². The molecule has 0 aliphatic carbocycles. The summed E-state index contributed by atoms with van der Waals surface area (Å²) in [5, 5.41) is 0. The lowest BCUT2D eigenvalue weighted by Crippen LogP contribution is -1.99. The number of methoxy groups -OCH3 is 1. The molecule has 0 amide bonds. The van der Waals surface area contributed by atoms with Crippen LogP contribution in [0.3, 0.4) is 0 Å². The predicted molar refractivity (Wildman–Crippen MR) is 74.8 cm³/mol. The maximum Gasteiger partial charge on any atom is 0.134 e. The van der Waals surface area contributed by atoms with Gasteiger partial charge in [0.1, 0.15) is 11.5 Å². The van der Waals surface area contributed by atoms with Gasteiger partial charge < -0.3 is 4.74 Å². The highest BCUT2D eigenvalue weighted by Gasteiger charge is 2.02. The van der Waals surface area contributed by atoms with Crippen molar-refractivity contribution in [2.24, 2.45) is 0 Å². The minimum Gasteiger partial charge on any atom is -0.497 e. The van der Waals surface area contributed by atoms with Crippen LogP contribution in [-0.2, 0) is 11.2 Å². The molecule has 0 atom stereocenters. The molecular formula is C15H26O2. The van der Waals surface area contributed by atoms with E-state index in [-0.39, 0.29) is 5.78 Å². The molecule has 17 heavy (non-hydrogen) atoms. The third-order valence-corrected chi connectivity index (χ3v) is 2.00. The minimum atomic E-state index is 0.177. The van der Waals surface area contributed by atoms with Crippen LogP contribution in [0.4, 0.5) is 0 Å². The average molecular weight is 238 g/mol. The van der Waals surface area contributed by atoms with Crippen molar-refractivity contribution >= 4 is 5.78 Å². The third-order valence-electron chi connectivity index (χ3n) is 2.00. The summed E-state index contributed by atoms with van der Waals surface area (Å²) in [5.74, 6) is 0.984. The van der Waals surface area contributed by atoms with E-state index in [0.29, 0.717) is 6.42 Å². The Morgan fingerprint density at radius 1 is 1.18 bits per heavy atom. The fraction of sp³-hybridized carbons (Fsp3) is 0.533. The van der Waals surface area contributed by atoms with Crippen molar-refractivity contribution < 1.29 is 9.53 Å². The molecule has 1 rings (SSSR count). The number of ether oxygens (including phenoxy) is 1. The summed E-state index contributed by atoms with van der Waals surface area (Å²) < 4.78 is 5.08. The first-order chi connectivity index (χ1) is 8.13. The second-order valence-electron chi connectivity index (χ2n) is 3.17. The van der Waals surface area contributed by atoms with Crippen LogP contribution in [0.2, 0.25) is 0 Å². The van der Waals surface area contributed by atoms with E-state index < -0.39 is 0 Å². The highest BCUT2D eigenvalue weighted by atomic mass is 16.5. The fourth-order valence-corrected chi connectivity index (χ4v) is 1.23. The highest BCUT2D eigenvalue weighted by molar-refractivity contribution is 5.78. The van der Waals surface area contributed by atoms with Gasteiger partial charge >= 0.3 is 0 Å². The number of carbonyl (C=O) groups is 1. The lowest BCUT2D eigenvalue weighted by atomic mass is 10.0. The number of rotatable bonds is 3. The number of ketones is 1. The lowest BCUT2D eigenvalue weighted by molar-refractivity contribution is -0.116. The molecule has 0 fully saturated rings. The Kier molecular flexibility index (Phi) is 11.9. The van der Waals surface area contributed by atoms with E-state index in [1.54, 1.807) is 14.0 Å². The molecule has 0 spiro atoms. The number of hydrogen-bond donors (Lipinski definition) is 0. The molecule has 98 valence electrons. The molecule has 0 aromatic heterocycles. The van der Waals surface area contributed by atoms with E-state index >= 15 is 0 Å². The van der Waals surface area contributed by atoms with Gasteiger partial charge in [0.25, 0.3) is 0 Å². The quantitative estimate of drug-likeness (QED) is 0.789. The molecule has 0 unspecified atom stereocenters. The normalized spacial score (nSPS) is 8.18. The van der Waals surface area contributed by atoms with Crippen LogP contribution in [0.15, 0.2) is 18.2 Å². The van der Waals surface area contributed by atoms with E-state index in [9.17, 15) is 4.79 Å². The molecule has 0 saturated carbocycles. The number of hydrogen-bond acceptors (Lipinski definition) is 2. The first-order valence-corrected chi connectivity index (χ1v) is 6.26. The van der Waals surface area contributed by atoms with Gasteiger partial charge in [-0.3, -0.25) is 4.79 Å². The number of benzene rings is 1. The SMILES string of the molecule is CC.CC.COc1ccc(C)c(CC(C)=O)c1. The number of Topliss-reactive ketones (excluding diaryl/α,β-unsaturated/α-hetero) is 1. The maximum absolute atomic E-state index is 10.9.